The highest BCUT2D eigenvalue weighted by molar-refractivity contribution is 7.99. The molecular formula is C40H76O4S. The van der Waals surface area contributed by atoms with Crippen molar-refractivity contribution in [2.24, 2.45) is 5.92 Å². The number of thioether (sulfide) groups is 1. The molecule has 0 aliphatic rings. The first-order chi connectivity index (χ1) is 22.1. The highest BCUT2D eigenvalue weighted by Crippen LogP contribution is 2.20. The van der Waals surface area contributed by atoms with Gasteiger partial charge in [0, 0.05) is 11.5 Å². The zero-order valence-electron chi connectivity index (χ0n) is 30.4. The summed E-state index contributed by atoms with van der Waals surface area (Å²) in [5.41, 5.74) is 0. The number of hydrogen-bond acceptors (Lipinski definition) is 5. The lowest BCUT2D eigenvalue weighted by Gasteiger charge is -2.17. The maximum absolute atomic E-state index is 12.3. The van der Waals surface area contributed by atoms with Crippen molar-refractivity contribution in [1.29, 1.82) is 0 Å². The number of allylic oxidation sites excluding steroid dienone is 2. The number of esters is 2. The van der Waals surface area contributed by atoms with E-state index >= 15 is 0 Å². The van der Waals surface area contributed by atoms with E-state index < -0.39 is 0 Å². The molecule has 1 unspecified atom stereocenters. The van der Waals surface area contributed by atoms with E-state index in [2.05, 4.69) is 32.9 Å². The molecule has 0 amide bonds. The third-order valence-corrected chi connectivity index (χ3v) is 9.72. The Labute approximate surface area is 285 Å². The van der Waals surface area contributed by atoms with Crippen LogP contribution < -0.4 is 0 Å². The summed E-state index contributed by atoms with van der Waals surface area (Å²) in [6.07, 6.45) is 38.8. The fraction of sp³-hybridized carbons (Fsp3) is 0.900. The van der Waals surface area contributed by atoms with Crippen LogP contribution in [-0.2, 0) is 19.1 Å². The monoisotopic (exact) mass is 653 g/mol. The Morgan fingerprint density at radius 2 is 0.911 bits per heavy atom. The molecule has 0 rings (SSSR count). The van der Waals surface area contributed by atoms with Crippen molar-refractivity contribution in [3.63, 3.8) is 0 Å². The van der Waals surface area contributed by atoms with Crippen LogP contribution in [0.25, 0.3) is 0 Å². The molecular weight excluding hydrogens is 577 g/mol. The highest BCUT2D eigenvalue weighted by atomic mass is 32.2. The van der Waals surface area contributed by atoms with Crippen LogP contribution in [0.3, 0.4) is 0 Å². The molecule has 266 valence electrons. The van der Waals surface area contributed by atoms with Crippen molar-refractivity contribution in [2.75, 3.05) is 24.7 Å². The molecule has 1 atom stereocenters. The molecule has 5 heteroatoms. The molecule has 0 fully saturated rings. The van der Waals surface area contributed by atoms with Crippen molar-refractivity contribution >= 4 is 23.7 Å². The third-order valence-electron chi connectivity index (χ3n) is 8.73. The predicted molar refractivity (Wildman–Crippen MR) is 198 cm³/mol. The lowest BCUT2D eigenvalue weighted by atomic mass is 9.95. The number of carbonyl (C=O) groups excluding carboxylic acids is 2. The number of carbonyl (C=O) groups is 2. The van der Waals surface area contributed by atoms with Crippen molar-refractivity contribution in [3.8, 4) is 0 Å². The van der Waals surface area contributed by atoms with Crippen LogP contribution in [0.1, 0.15) is 201 Å². The van der Waals surface area contributed by atoms with Crippen LogP contribution in [0.4, 0.5) is 0 Å². The summed E-state index contributed by atoms with van der Waals surface area (Å²) < 4.78 is 11.1. The Kier molecular flexibility index (Phi) is 36.7. The maximum atomic E-state index is 12.3. The molecule has 0 aliphatic heterocycles. The van der Waals surface area contributed by atoms with Gasteiger partial charge in [0.15, 0.2) is 0 Å². The number of unbranched alkanes of at least 4 members (excludes halogenated alkanes) is 20. The topological polar surface area (TPSA) is 52.6 Å². The van der Waals surface area contributed by atoms with E-state index in [0.717, 1.165) is 12.8 Å². The van der Waals surface area contributed by atoms with Gasteiger partial charge < -0.3 is 9.47 Å². The molecule has 0 bridgehead atoms. The average molecular weight is 653 g/mol. The van der Waals surface area contributed by atoms with Crippen LogP contribution in [0.15, 0.2) is 12.2 Å². The Bertz CT molecular complexity index is 650. The maximum Gasteiger partial charge on any atom is 0.306 e. The highest BCUT2D eigenvalue weighted by Gasteiger charge is 2.12. The number of rotatable bonds is 36. The smallest absolute Gasteiger partial charge is 0.306 e. The first-order valence-corrected chi connectivity index (χ1v) is 20.8. The SMILES string of the molecule is CCCCCCCC/C=C\CCCCCCCCOC(=O)CCSCCC(=O)OCC(CCCCCC)CCCCCCCC. The second kappa shape index (κ2) is 37.5. The Morgan fingerprint density at radius 1 is 0.511 bits per heavy atom. The van der Waals surface area contributed by atoms with E-state index in [0.29, 0.717) is 43.5 Å². The fourth-order valence-corrected chi connectivity index (χ4v) is 6.51. The van der Waals surface area contributed by atoms with E-state index in [1.54, 1.807) is 11.8 Å². The number of hydrogen-bond donors (Lipinski definition) is 0. The van der Waals surface area contributed by atoms with Crippen molar-refractivity contribution < 1.29 is 19.1 Å². The van der Waals surface area contributed by atoms with Crippen LogP contribution in [0.5, 0.6) is 0 Å². The molecule has 0 saturated heterocycles. The predicted octanol–water partition coefficient (Wildman–Crippen LogP) is 13.0. The summed E-state index contributed by atoms with van der Waals surface area (Å²) in [5.74, 6) is 1.72. The zero-order valence-corrected chi connectivity index (χ0v) is 31.2. The van der Waals surface area contributed by atoms with E-state index in [4.69, 9.17) is 9.47 Å². The standard InChI is InChI=1S/C40H76O4S/c1-4-7-10-13-15-16-17-18-19-20-21-22-23-24-26-29-34-43-39(41)32-35-45-36-33-40(42)44-37-38(30-27-12-9-6-3)31-28-25-14-11-8-5-2/h18-19,38H,4-17,20-37H2,1-3H3/b19-18-. The van der Waals surface area contributed by atoms with Gasteiger partial charge in [0.2, 0.25) is 0 Å². The largest absolute Gasteiger partial charge is 0.466 e. The summed E-state index contributed by atoms with van der Waals surface area (Å²) in [6, 6.07) is 0. The lowest BCUT2D eigenvalue weighted by Crippen LogP contribution is -2.15. The second-order valence-electron chi connectivity index (χ2n) is 13.2. The second-order valence-corrected chi connectivity index (χ2v) is 14.5. The Balaban J connectivity index is 3.66. The third kappa shape index (κ3) is 35.7. The Morgan fingerprint density at radius 3 is 1.42 bits per heavy atom. The van der Waals surface area contributed by atoms with Gasteiger partial charge in [-0.05, 0) is 50.9 Å². The molecule has 0 aromatic rings. The first-order valence-electron chi connectivity index (χ1n) is 19.7. The molecule has 4 nitrogen and oxygen atoms in total. The zero-order chi connectivity index (χ0) is 32.9. The van der Waals surface area contributed by atoms with Gasteiger partial charge in [-0.3, -0.25) is 9.59 Å². The van der Waals surface area contributed by atoms with Crippen molar-refractivity contribution in [3.05, 3.63) is 12.2 Å². The molecule has 0 aromatic carbocycles. The van der Waals surface area contributed by atoms with Crippen LogP contribution in [0, 0.1) is 5.92 Å². The van der Waals surface area contributed by atoms with Gasteiger partial charge in [0.25, 0.3) is 0 Å². The van der Waals surface area contributed by atoms with Crippen molar-refractivity contribution in [1.82, 2.24) is 0 Å². The summed E-state index contributed by atoms with van der Waals surface area (Å²) in [7, 11) is 0. The molecule has 0 saturated carbocycles. The van der Waals surface area contributed by atoms with Crippen LogP contribution in [0.2, 0.25) is 0 Å². The normalized spacial score (nSPS) is 12.2. The van der Waals surface area contributed by atoms with E-state index in [-0.39, 0.29) is 11.9 Å². The van der Waals surface area contributed by atoms with Crippen LogP contribution >= 0.6 is 11.8 Å². The minimum absolute atomic E-state index is 0.0912. The van der Waals surface area contributed by atoms with Crippen LogP contribution in [-0.4, -0.2) is 36.7 Å². The van der Waals surface area contributed by atoms with Gasteiger partial charge in [0.05, 0.1) is 26.1 Å². The molecule has 0 N–H and O–H groups in total. The molecule has 45 heavy (non-hydrogen) atoms. The van der Waals surface area contributed by atoms with E-state index in [9.17, 15) is 9.59 Å². The average Bonchev–Trinajstić information content (AvgIpc) is 3.04. The molecule has 0 spiro atoms. The molecule has 0 aromatic heterocycles. The van der Waals surface area contributed by atoms with E-state index in [1.165, 1.54) is 154 Å². The minimum atomic E-state index is -0.113. The van der Waals surface area contributed by atoms with Gasteiger partial charge in [-0.2, -0.15) is 11.8 Å². The summed E-state index contributed by atoms with van der Waals surface area (Å²) in [6.45, 7) is 7.89. The molecule has 0 aliphatic carbocycles. The van der Waals surface area contributed by atoms with Crippen molar-refractivity contribution in [2.45, 2.75) is 201 Å². The minimum Gasteiger partial charge on any atom is -0.466 e. The Hall–Kier alpha value is -0.970. The fourth-order valence-electron chi connectivity index (χ4n) is 5.69. The first kappa shape index (κ1) is 44.0. The quantitative estimate of drug-likeness (QED) is 0.0383. The van der Waals surface area contributed by atoms with Gasteiger partial charge in [0.1, 0.15) is 0 Å². The summed E-state index contributed by atoms with van der Waals surface area (Å²) in [5, 5.41) is 0. The summed E-state index contributed by atoms with van der Waals surface area (Å²) in [4.78, 5) is 24.4. The van der Waals surface area contributed by atoms with E-state index in [1.807, 2.05) is 0 Å². The summed E-state index contributed by atoms with van der Waals surface area (Å²) >= 11 is 1.65. The molecule has 0 radical (unpaired) electrons. The van der Waals surface area contributed by atoms with Gasteiger partial charge in [-0.25, -0.2) is 0 Å². The van der Waals surface area contributed by atoms with Gasteiger partial charge in [-0.1, -0.05) is 155 Å². The molecule has 0 heterocycles. The van der Waals surface area contributed by atoms with Gasteiger partial charge in [-0.15, -0.1) is 0 Å². The van der Waals surface area contributed by atoms with Gasteiger partial charge >= 0.3 is 11.9 Å². The number of ether oxygens (including phenoxy) is 2. The lowest BCUT2D eigenvalue weighted by molar-refractivity contribution is -0.145.